The van der Waals surface area contributed by atoms with E-state index in [4.69, 9.17) is 20.3 Å². The Balaban J connectivity index is 1.89. The minimum Gasteiger partial charge on any atom is -0.390 e. The van der Waals surface area contributed by atoms with Crippen LogP contribution in [0.4, 0.5) is 0 Å². The molecule has 0 aromatic rings. The Morgan fingerprint density at radius 3 is 2.31 bits per heavy atom. The fourth-order valence-electron chi connectivity index (χ4n) is 3.91. The summed E-state index contributed by atoms with van der Waals surface area (Å²) < 4.78 is 51.6. The van der Waals surface area contributed by atoms with Gasteiger partial charge in [-0.2, -0.15) is 8.62 Å². The van der Waals surface area contributed by atoms with Crippen LogP contribution in [-0.4, -0.2) is 56.1 Å². The highest BCUT2D eigenvalue weighted by molar-refractivity contribution is 7.66. The van der Waals surface area contributed by atoms with Crippen LogP contribution in [0.5, 0.6) is 0 Å². The van der Waals surface area contributed by atoms with Crippen molar-refractivity contribution in [2.24, 2.45) is 17.6 Å². The summed E-state index contributed by atoms with van der Waals surface area (Å²) in [4.78, 5) is 35.8. The van der Waals surface area contributed by atoms with Crippen LogP contribution in [0.25, 0.3) is 0 Å². The Morgan fingerprint density at radius 1 is 0.969 bits per heavy atom. The van der Waals surface area contributed by atoms with Crippen molar-refractivity contribution in [2.45, 2.75) is 63.3 Å². The molecule has 2 rings (SSSR count). The molecule has 0 aromatic carbocycles. The van der Waals surface area contributed by atoms with Gasteiger partial charge in [-0.15, -0.1) is 0 Å². The zero-order valence-corrected chi connectivity index (χ0v) is 19.9. The number of aliphatic hydroxyl groups is 1. The van der Waals surface area contributed by atoms with Crippen molar-refractivity contribution in [3.05, 3.63) is 0 Å². The Kier molecular flexibility index (Phi) is 10.5. The van der Waals surface area contributed by atoms with Crippen molar-refractivity contribution in [1.29, 1.82) is 0 Å². The quantitative estimate of drug-likeness (QED) is 0.197. The first-order valence-corrected chi connectivity index (χ1v) is 14.6. The van der Waals surface area contributed by atoms with Gasteiger partial charge in [-0.25, -0.2) is 13.7 Å². The lowest BCUT2D eigenvalue weighted by molar-refractivity contribution is -0.0408. The fraction of sp³-hybridized carbons (Fsp3) is 0.875. The van der Waals surface area contributed by atoms with E-state index in [2.05, 4.69) is 25.0 Å². The molecule has 1 heterocycles. The second kappa shape index (κ2) is 12.0. The molecule has 16 heteroatoms. The first kappa shape index (κ1) is 28.1. The Labute approximate surface area is 186 Å². The average molecular weight is 521 g/mol. The zero-order valence-electron chi connectivity index (χ0n) is 17.3. The third-order valence-corrected chi connectivity index (χ3v) is 9.07. The van der Waals surface area contributed by atoms with Crippen molar-refractivity contribution in [3.8, 4) is 11.8 Å². The first-order valence-electron chi connectivity index (χ1n) is 10.1. The molecule has 13 nitrogen and oxygen atoms in total. The second-order valence-electron chi connectivity index (χ2n) is 7.75. The van der Waals surface area contributed by atoms with Crippen molar-refractivity contribution in [3.63, 3.8) is 0 Å². The normalized spacial score (nSPS) is 33.2. The molecule has 0 spiro atoms. The lowest BCUT2D eigenvalue weighted by Gasteiger charge is -2.27. The minimum atomic E-state index is -5.59. The monoisotopic (exact) mass is 521 g/mol. The van der Waals surface area contributed by atoms with Gasteiger partial charge in [0, 0.05) is 12.3 Å². The molecule has 186 valence electrons. The summed E-state index contributed by atoms with van der Waals surface area (Å²) in [6, 6.07) is 0. The molecule has 1 saturated heterocycles. The fourth-order valence-corrected chi connectivity index (χ4v) is 6.94. The van der Waals surface area contributed by atoms with Gasteiger partial charge in [-0.3, -0.25) is 4.52 Å². The van der Waals surface area contributed by atoms with Crippen LogP contribution in [-0.2, 0) is 31.6 Å². The van der Waals surface area contributed by atoms with Gasteiger partial charge in [0.05, 0.1) is 25.4 Å². The summed E-state index contributed by atoms with van der Waals surface area (Å²) in [7, 11) is -16.3. The summed E-state index contributed by atoms with van der Waals surface area (Å²) >= 11 is 0. The van der Waals surface area contributed by atoms with E-state index in [1.165, 1.54) is 0 Å². The van der Waals surface area contributed by atoms with Gasteiger partial charge < -0.3 is 35.2 Å². The Morgan fingerprint density at radius 2 is 1.66 bits per heavy atom. The summed E-state index contributed by atoms with van der Waals surface area (Å²) in [5, 5.41) is 10.3. The lowest BCUT2D eigenvalue weighted by atomic mass is 9.82. The lowest BCUT2D eigenvalue weighted by Crippen LogP contribution is -2.27. The van der Waals surface area contributed by atoms with Crippen molar-refractivity contribution in [2.75, 3.05) is 13.2 Å². The maximum absolute atomic E-state index is 11.9. The number of phosphoric ester groups is 1. The van der Waals surface area contributed by atoms with E-state index < -0.39 is 42.3 Å². The van der Waals surface area contributed by atoms with Crippen LogP contribution in [0.15, 0.2) is 0 Å². The van der Waals surface area contributed by atoms with E-state index in [-0.39, 0.29) is 24.4 Å². The third-order valence-electron chi connectivity index (χ3n) is 5.27. The molecule has 2 aliphatic rings. The molecular formula is C16H30NO12P3. The van der Waals surface area contributed by atoms with Gasteiger partial charge in [0.15, 0.2) is 0 Å². The molecule has 0 aromatic heterocycles. The summed E-state index contributed by atoms with van der Waals surface area (Å²) in [5.74, 6) is 6.50. The highest BCUT2D eigenvalue weighted by Crippen LogP contribution is 2.66. The molecule has 1 saturated carbocycles. The minimum absolute atomic E-state index is 0.156. The van der Waals surface area contributed by atoms with Crippen LogP contribution in [0.2, 0.25) is 0 Å². The van der Waals surface area contributed by atoms with E-state index in [9.17, 15) is 28.6 Å². The molecule has 1 aliphatic heterocycles. The molecule has 0 bridgehead atoms. The molecule has 0 radical (unpaired) electrons. The number of hydrogen-bond acceptors (Lipinski definition) is 9. The van der Waals surface area contributed by atoms with E-state index >= 15 is 0 Å². The topological polar surface area (TPSA) is 215 Å². The molecule has 32 heavy (non-hydrogen) atoms. The first-order chi connectivity index (χ1) is 14.8. The van der Waals surface area contributed by atoms with E-state index in [0.29, 0.717) is 6.54 Å². The van der Waals surface area contributed by atoms with Gasteiger partial charge >= 0.3 is 23.5 Å². The van der Waals surface area contributed by atoms with Crippen LogP contribution in [0.1, 0.15) is 44.9 Å². The van der Waals surface area contributed by atoms with Crippen LogP contribution in [0, 0.1) is 23.7 Å². The van der Waals surface area contributed by atoms with E-state index in [1.807, 2.05) is 0 Å². The molecular weight excluding hydrogens is 491 g/mol. The van der Waals surface area contributed by atoms with Gasteiger partial charge in [0.25, 0.3) is 0 Å². The Bertz CT molecular complexity index is 823. The number of phosphoric acid groups is 3. The highest BCUT2D eigenvalue weighted by Gasteiger charge is 2.43. The van der Waals surface area contributed by atoms with E-state index in [1.54, 1.807) is 0 Å². The van der Waals surface area contributed by atoms with Gasteiger partial charge in [-0.1, -0.05) is 24.7 Å². The number of rotatable bonds is 8. The molecule has 2 fully saturated rings. The van der Waals surface area contributed by atoms with Crippen molar-refractivity contribution >= 4 is 23.5 Å². The molecule has 1 aliphatic carbocycles. The molecule has 5 unspecified atom stereocenters. The SMILES string of the molecule is NCC#CC1CCCCC([C@H]2CC(O)[C@@H](COP(=O)(O)OP(=O)(O)OP(=O)(O)O)O2)CC1. The number of ether oxygens (including phenoxy) is 1. The maximum atomic E-state index is 11.9. The van der Waals surface area contributed by atoms with E-state index in [0.717, 1.165) is 38.5 Å². The summed E-state index contributed by atoms with van der Waals surface area (Å²) in [6.07, 6.45) is 3.60. The second-order valence-corrected chi connectivity index (χ2v) is 12.2. The predicted octanol–water partition coefficient (Wildman–Crippen LogP) is 1.40. The highest BCUT2D eigenvalue weighted by atomic mass is 31.3. The zero-order chi connectivity index (χ0) is 24.0. The van der Waals surface area contributed by atoms with Gasteiger partial charge in [-0.05, 0) is 31.6 Å². The summed E-state index contributed by atoms with van der Waals surface area (Å²) in [5.41, 5.74) is 5.44. The van der Waals surface area contributed by atoms with Crippen LogP contribution >= 0.6 is 23.5 Å². The third kappa shape index (κ3) is 10.00. The molecule has 7 atom stereocenters. The number of hydrogen-bond donors (Lipinski definition) is 6. The van der Waals surface area contributed by atoms with Crippen LogP contribution in [0.3, 0.4) is 0 Å². The smallest absolute Gasteiger partial charge is 0.390 e. The van der Waals surface area contributed by atoms with Crippen molar-refractivity contribution in [1.82, 2.24) is 0 Å². The van der Waals surface area contributed by atoms with Crippen molar-refractivity contribution < 1.29 is 56.3 Å². The van der Waals surface area contributed by atoms with Crippen LogP contribution < -0.4 is 5.73 Å². The number of aliphatic hydroxyl groups excluding tert-OH is 1. The van der Waals surface area contributed by atoms with Gasteiger partial charge in [0.2, 0.25) is 0 Å². The standard InChI is InChI=1S/C16H30NO12P3/c17-9-3-5-12-4-1-2-6-13(8-7-12)15-10-14(18)16(27-15)11-26-31(22,23)29-32(24,25)28-30(19,20)21/h12-16,18H,1-2,4,6-11,17H2,(H,22,23)(H,24,25)(H2,19,20,21)/t12?,13?,14?,15-,16-/m1/s1. The maximum Gasteiger partial charge on any atom is 0.490 e. The molecule has 0 amide bonds. The molecule has 7 N–H and O–H groups in total. The largest absolute Gasteiger partial charge is 0.490 e. The van der Waals surface area contributed by atoms with Gasteiger partial charge in [0.1, 0.15) is 6.10 Å². The Hall–Kier alpha value is -0.150. The predicted molar refractivity (Wildman–Crippen MR) is 111 cm³/mol. The number of nitrogens with two attached hydrogens (primary N) is 1. The average Bonchev–Trinajstić information content (AvgIpc) is 2.97. The summed E-state index contributed by atoms with van der Waals surface area (Å²) in [6.45, 7) is -0.339.